The number of aromatic nitrogens is 1. The van der Waals surface area contributed by atoms with Gasteiger partial charge in [0.2, 0.25) is 0 Å². The van der Waals surface area contributed by atoms with Gasteiger partial charge < -0.3 is 4.98 Å². The molecule has 0 radical (unpaired) electrons. The standard InChI is InChI=1S/C11H4BrF6NO/c12-5-1-4(10(13,14)15)2-6-9(5)7(20)3-8(19-6)11(16,17)18/h1-3H,(H,19,20). The fourth-order valence-electron chi connectivity index (χ4n) is 1.66. The van der Waals surface area contributed by atoms with Crippen LogP contribution in [0.5, 0.6) is 0 Å². The Hall–Kier alpha value is -1.51. The van der Waals surface area contributed by atoms with E-state index in [1.807, 2.05) is 0 Å². The van der Waals surface area contributed by atoms with Crippen LogP contribution >= 0.6 is 15.9 Å². The second-order valence-electron chi connectivity index (χ2n) is 3.92. The van der Waals surface area contributed by atoms with Crippen LogP contribution in [0.2, 0.25) is 0 Å². The highest BCUT2D eigenvalue weighted by Crippen LogP contribution is 2.35. The van der Waals surface area contributed by atoms with E-state index in [1.54, 1.807) is 4.98 Å². The van der Waals surface area contributed by atoms with E-state index in [0.717, 1.165) is 0 Å². The number of aromatic amines is 1. The second-order valence-corrected chi connectivity index (χ2v) is 4.78. The summed E-state index contributed by atoms with van der Waals surface area (Å²) in [5, 5.41) is -0.272. The number of fused-ring (bicyclic) bond motifs is 1. The third-order valence-electron chi connectivity index (χ3n) is 2.51. The molecule has 0 amide bonds. The minimum absolute atomic E-state index is 0.225. The summed E-state index contributed by atoms with van der Waals surface area (Å²) in [6.07, 6.45) is -9.59. The van der Waals surface area contributed by atoms with Crippen LogP contribution in [0.1, 0.15) is 11.3 Å². The Kier molecular flexibility index (Phi) is 3.35. The average Bonchev–Trinajstić information content (AvgIpc) is 2.25. The third-order valence-corrected chi connectivity index (χ3v) is 3.14. The van der Waals surface area contributed by atoms with Gasteiger partial charge in [0.25, 0.3) is 0 Å². The van der Waals surface area contributed by atoms with Crippen LogP contribution in [-0.4, -0.2) is 4.98 Å². The van der Waals surface area contributed by atoms with Crippen molar-refractivity contribution in [3.63, 3.8) is 0 Å². The summed E-state index contributed by atoms with van der Waals surface area (Å²) in [7, 11) is 0. The molecule has 1 heterocycles. The number of H-pyrrole nitrogens is 1. The highest BCUT2D eigenvalue weighted by molar-refractivity contribution is 9.10. The number of alkyl halides is 6. The zero-order valence-corrected chi connectivity index (χ0v) is 10.9. The zero-order valence-electron chi connectivity index (χ0n) is 9.29. The Labute approximate surface area is 115 Å². The summed E-state index contributed by atoms with van der Waals surface area (Å²) in [5.41, 5.74) is -4.12. The number of rotatable bonds is 0. The smallest absolute Gasteiger partial charge is 0.351 e. The molecule has 0 aliphatic carbocycles. The predicted octanol–water partition coefficient (Wildman–Crippen LogP) is 4.33. The van der Waals surface area contributed by atoms with E-state index in [9.17, 15) is 31.1 Å². The van der Waals surface area contributed by atoms with Crippen molar-refractivity contribution in [3.8, 4) is 0 Å². The molecule has 108 valence electrons. The molecule has 1 N–H and O–H groups in total. The van der Waals surface area contributed by atoms with E-state index >= 15 is 0 Å². The van der Waals surface area contributed by atoms with E-state index < -0.39 is 34.6 Å². The summed E-state index contributed by atoms with van der Waals surface area (Å²) in [5.74, 6) is 0. The molecular weight excluding hydrogens is 356 g/mol. The molecule has 0 aliphatic heterocycles. The van der Waals surface area contributed by atoms with E-state index in [-0.39, 0.29) is 9.86 Å². The first-order valence-electron chi connectivity index (χ1n) is 5.01. The van der Waals surface area contributed by atoms with Gasteiger partial charge >= 0.3 is 12.4 Å². The van der Waals surface area contributed by atoms with Crippen molar-refractivity contribution in [1.29, 1.82) is 0 Å². The van der Waals surface area contributed by atoms with Gasteiger partial charge in [-0.15, -0.1) is 0 Å². The van der Waals surface area contributed by atoms with Crippen molar-refractivity contribution in [2.75, 3.05) is 0 Å². The van der Waals surface area contributed by atoms with Gasteiger partial charge in [0.05, 0.1) is 16.5 Å². The summed E-state index contributed by atoms with van der Waals surface area (Å²) >= 11 is 2.76. The molecule has 0 saturated carbocycles. The van der Waals surface area contributed by atoms with Crippen molar-refractivity contribution in [2.24, 2.45) is 0 Å². The van der Waals surface area contributed by atoms with E-state index in [0.29, 0.717) is 18.2 Å². The molecule has 2 nitrogen and oxygen atoms in total. The lowest BCUT2D eigenvalue weighted by atomic mass is 10.1. The molecule has 0 unspecified atom stereocenters. The molecule has 20 heavy (non-hydrogen) atoms. The SMILES string of the molecule is O=c1cc(C(F)(F)F)[nH]c2cc(C(F)(F)F)cc(Br)c12. The lowest BCUT2D eigenvalue weighted by Gasteiger charge is -2.12. The maximum absolute atomic E-state index is 12.6. The lowest BCUT2D eigenvalue weighted by molar-refractivity contribution is -0.141. The topological polar surface area (TPSA) is 32.9 Å². The van der Waals surface area contributed by atoms with Gasteiger partial charge in [-0.25, -0.2) is 0 Å². The van der Waals surface area contributed by atoms with Crippen LogP contribution in [0.4, 0.5) is 26.3 Å². The molecule has 0 atom stereocenters. The average molecular weight is 360 g/mol. The molecule has 0 saturated heterocycles. The molecular formula is C11H4BrF6NO. The quantitative estimate of drug-likeness (QED) is 0.698. The first-order valence-corrected chi connectivity index (χ1v) is 5.80. The fraction of sp³-hybridized carbons (Fsp3) is 0.182. The highest BCUT2D eigenvalue weighted by Gasteiger charge is 2.34. The van der Waals surface area contributed by atoms with Crippen molar-refractivity contribution < 1.29 is 26.3 Å². The van der Waals surface area contributed by atoms with Crippen LogP contribution in [0.3, 0.4) is 0 Å². The molecule has 0 bridgehead atoms. The molecule has 0 spiro atoms. The van der Waals surface area contributed by atoms with Gasteiger partial charge in [0.15, 0.2) is 5.43 Å². The number of halogens is 7. The van der Waals surface area contributed by atoms with Crippen molar-refractivity contribution in [1.82, 2.24) is 4.98 Å². The van der Waals surface area contributed by atoms with Crippen LogP contribution < -0.4 is 5.43 Å². The van der Waals surface area contributed by atoms with Crippen molar-refractivity contribution in [3.05, 3.63) is 44.2 Å². The largest absolute Gasteiger partial charge is 0.431 e. The normalized spacial score (nSPS) is 12.9. The first kappa shape index (κ1) is 14.9. The third kappa shape index (κ3) is 2.67. The number of hydrogen-bond acceptors (Lipinski definition) is 1. The minimum Gasteiger partial charge on any atom is -0.351 e. The van der Waals surface area contributed by atoms with E-state index in [4.69, 9.17) is 0 Å². The van der Waals surface area contributed by atoms with Crippen molar-refractivity contribution in [2.45, 2.75) is 12.4 Å². The van der Waals surface area contributed by atoms with Gasteiger partial charge in [-0.05, 0) is 28.1 Å². The summed E-state index contributed by atoms with van der Waals surface area (Å²) in [6, 6.07) is 1.42. The predicted molar refractivity (Wildman–Crippen MR) is 62.3 cm³/mol. The van der Waals surface area contributed by atoms with Gasteiger partial charge in [-0.1, -0.05) is 0 Å². The van der Waals surface area contributed by atoms with Gasteiger partial charge in [-0.3, -0.25) is 4.79 Å². The zero-order chi connectivity index (χ0) is 15.3. The maximum Gasteiger partial charge on any atom is 0.431 e. The molecule has 2 rings (SSSR count). The summed E-state index contributed by atoms with van der Waals surface area (Å²) in [6.45, 7) is 0. The number of benzene rings is 1. The number of nitrogens with one attached hydrogen (secondary N) is 1. The van der Waals surface area contributed by atoms with Gasteiger partial charge in [0, 0.05) is 10.5 Å². The molecule has 2 aromatic rings. The number of hydrogen-bond donors (Lipinski definition) is 1. The molecule has 0 fully saturated rings. The van der Waals surface area contributed by atoms with Gasteiger partial charge in [0.1, 0.15) is 5.69 Å². The Morgan fingerprint density at radius 2 is 1.55 bits per heavy atom. The lowest BCUT2D eigenvalue weighted by Crippen LogP contribution is -2.15. The Morgan fingerprint density at radius 3 is 2.05 bits per heavy atom. The summed E-state index contributed by atoms with van der Waals surface area (Å²) < 4.78 is 75.1. The second kappa shape index (κ2) is 4.51. The van der Waals surface area contributed by atoms with Crippen LogP contribution in [0.25, 0.3) is 10.9 Å². The monoisotopic (exact) mass is 359 g/mol. The molecule has 9 heteroatoms. The van der Waals surface area contributed by atoms with Crippen LogP contribution in [0, 0.1) is 0 Å². The number of pyridine rings is 1. The van der Waals surface area contributed by atoms with Gasteiger partial charge in [-0.2, -0.15) is 26.3 Å². The fourth-order valence-corrected chi connectivity index (χ4v) is 2.31. The van der Waals surface area contributed by atoms with E-state index in [2.05, 4.69) is 15.9 Å². The Balaban J connectivity index is 2.84. The van der Waals surface area contributed by atoms with E-state index in [1.165, 1.54) is 0 Å². The molecule has 1 aromatic heterocycles. The maximum atomic E-state index is 12.6. The molecule has 0 aliphatic rings. The van der Waals surface area contributed by atoms with Crippen LogP contribution in [-0.2, 0) is 12.4 Å². The highest BCUT2D eigenvalue weighted by atomic mass is 79.9. The Bertz CT molecular complexity index is 725. The van der Waals surface area contributed by atoms with Crippen molar-refractivity contribution >= 4 is 26.8 Å². The first-order chi connectivity index (χ1) is 9.00. The Morgan fingerprint density at radius 1 is 0.950 bits per heavy atom. The molecule has 1 aromatic carbocycles. The van der Waals surface area contributed by atoms with Crippen LogP contribution in [0.15, 0.2) is 27.5 Å². The minimum atomic E-state index is -4.85. The summed E-state index contributed by atoms with van der Waals surface area (Å²) in [4.78, 5) is 13.4.